The summed E-state index contributed by atoms with van der Waals surface area (Å²) in [6, 6.07) is -0.649. The Morgan fingerprint density at radius 2 is 1.82 bits per heavy atom. The maximum Gasteiger partial charge on any atom is 0.320 e. The topological polar surface area (TPSA) is 69.6 Å². The number of amides is 1. The molecule has 17 heavy (non-hydrogen) atoms. The molecule has 0 saturated carbocycles. The highest BCUT2D eigenvalue weighted by Gasteiger charge is 2.23. The minimum absolute atomic E-state index is 0.0107. The zero-order valence-electron chi connectivity index (χ0n) is 10.6. The number of hydrogen-bond donors (Lipinski definition) is 2. The molecule has 5 heteroatoms. The van der Waals surface area contributed by atoms with Gasteiger partial charge in [0.05, 0.1) is 6.54 Å². The van der Waals surface area contributed by atoms with E-state index in [1.807, 2.05) is 18.7 Å². The first-order valence-electron chi connectivity index (χ1n) is 6.26. The van der Waals surface area contributed by atoms with Crippen molar-refractivity contribution >= 4 is 11.9 Å². The summed E-state index contributed by atoms with van der Waals surface area (Å²) < 4.78 is 0. The summed E-state index contributed by atoms with van der Waals surface area (Å²) in [7, 11) is 0. The van der Waals surface area contributed by atoms with Gasteiger partial charge in [0.1, 0.15) is 6.04 Å². The lowest BCUT2D eigenvalue weighted by Crippen LogP contribution is -2.47. The van der Waals surface area contributed by atoms with E-state index in [0.717, 1.165) is 25.9 Å². The average Bonchev–Trinajstić information content (AvgIpc) is 2.29. The third-order valence-electron chi connectivity index (χ3n) is 3.11. The second-order valence-corrected chi connectivity index (χ2v) is 4.88. The molecule has 1 amide bonds. The van der Waals surface area contributed by atoms with Gasteiger partial charge >= 0.3 is 5.97 Å². The fourth-order valence-corrected chi connectivity index (χ4v) is 2.06. The molecular weight excluding hydrogens is 220 g/mol. The van der Waals surface area contributed by atoms with E-state index in [1.165, 1.54) is 6.42 Å². The van der Waals surface area contributed by atoms with Gasteiger partial charge in [0, 0.05) is 13.1 Å². The Kier molecular flexibility index (Phi) is 5.41. The minimum Gasteiger partial charge on any atom is -0.480 e. The normalized spacial score (nSPS) is 18.2. The number of nitrogens with one attached hydrogen (secondary N) is 1. The lowest BCUT2D eigenvalue weighted by Gasteiger charge is -2.27. The third kappa shape index (κ3) is 4.34. The van der Waals surface area contributed by atoms with Gasteiger partial charge in [-0.15, -0.1) is 0 Å². The number of piperidine rings is 1. The number of carboxylic acids is 1. The Morgan fingerprint density at radius 1 is 1.24 bits per heavy atom. The molecule has 0 aromatic rings. The summed E-state index contributed by atoms with van der Waals surface area (Å²) in [5, 5.41) is 11.8. The lowest BCUT2D eigenvalue weighted by atomic mass is 10.0. The van der Waals surface area contributed by atoms with E-state index < -0.39 is 12.0 Å². The number of aliphatic carboxylic acids is 1. The van der Waals surface area contributed by atoms with E-state index in [4.69, 9.17) is 5.11 Å². The molecule has 1 unspecified atom stereocenters. The number of carboxylic acid groups (broad SMARTS) is 1. The van der Waals surface area contributed by atoms with Crippen LogP contribution in [0, 0.1) is 5.92 Å². The van der Waals surface area contributed by atoms with Gasteiger partial charge in [0.2, 0.25) is 5.91 Å². The van der Waals surface area contributed by atoms with Gasteiger partial charge in [0.25, 0.3) is 0 Å². The molecule has 1 atom stereocenters. The first kappa shape index (κ1) is 14.0. The standard InChI is InChI=1S/C12H22N2O3/c1-9(2)11(12(16)17)13-8-10(15)14-6-4-3-5-7-14/h9,11,13H,3-8H2,1-2H3,(H,16,17). The second-order valence-electron chi connectivity index (χ2n) is 4.88. The van der Waals surface area contributed by atoms with Gasteiger partial charge < -0.3 is 10.0 Å². The van der Waals surface area contributed by atoms with Crippen LogP contribution in [0.5, 0.6) is 0 Å². The molecule has 1 rings (SSSR count). The molecule has 1 aliphatic rings. The highest BCUT2D eigenvalue weighted by Crippen LogP contribution is 2.08. The van der Waals surface area contributed by atoms with Crippen LogP contribution in [0.1, 0.15) is 33.1 Å². The van der Waals surface area contributed by atoms with E-state index in [9.17, 15) is 9.59 Å². The second kappa shape index (κ2) is 6.59. The van der Waals surface area contributed by atoms with Gasteiger partial charge in [-0.2, -0.15) is 0 Å². The highest BCUT2D eigenvalue weighted by atomic mass is 16.4. The molecule has 0 bridgehead atoms. The van der Waals surface area contributed by atoms with E-state index >= 15 is 0 Å². The molecule has 0 aliphatic carbocycles. The van der Waals surface area contributed by atoms with Crippen molar-refractivity contribution in [2.45, 2.75) is 39.2 Å². The number of hydrogen-bond acceptors (Lipinski definition) is 3. The summed E-state index contributed by atoms with van der Waals surface area (Å²) in [5.74, 6) is -0.912. The van der Waals surface area contributed by atoms with Gasteiger partial charge in [-0.05, 0) is 25.2 Å². The number of nitrogens with zero attached hydrogens (tertiary/aromatic N) is 1. The van der Waals surface area contributed by atoms with Crippen molar-refractivity contribution in [3.63, 3.8) is 0 Å². The van der Waals surface area contributed by atoms with Crippen LogP contribution in [0.25, 0.3) is 0 Å². The van der Waals surface area contributed by atoms with Crippen molar-refractivity contribution < 1.29 is 14.7 Å². The highest BCUT2D eigenvalue weighted by molar-refractivity contribution is 5.80. The lowest BCUT2D eigenvalue weighted by molar-refractivity contribution is -0.141. The molecule has 0 spiro atoms. The van der Waals surface area contributed by atoms with E-state index in [2.05, 4.69) is 5.32 Å². The molecule has 1 fully saturated rings. The first-order valence-corrected chi connectivity index (χ1v) is 6.26. The van der Waals surface area contributed by atoms with Crippen LogP contribution in [0.15, 0.2) is 0 Å². The minimum atomic E-state index is -0.897. The first-order chi connectivity index (χ1) is 8.02. The number of carbonyl (C=O) groups is 2. The zero-order valence-corrected chi connectivity index (χ0v) is 10.6. The van der Waals surface area contributed by atoms with Crippen molar-refractivity contribution in [2.75, 3.05) is 19.6 Å². The molecule has 98 valence electrons. The van der Waals surface area contributed by atoms with Gasteiger partial charge in [-0.3, -0.25) is 14.9 Å². The van der Waals surface area contributed by atoms with Crippen LogP contribution >= 0.6 is 0 Å². The quantitative estimate of drug-likeness (QED) is 0.744. The zero-order chi connectivity index (χ0) is 12.8. The van der Waals surface area contributed by atoms with E-state index in [0.29, 0.717) is 0 Å². The number of rotatable bonds is 5. The molecule has 0 aromatic carbocycles. The molecule has 1 aliphatic heterocycles. The number of carbonyl (C=O) groups excluding carboxylic acids is 1. The maximum absolute atomic E-state index is 11.8. The van der Waals surface area contributed by atoms with Gasteiger partial charge in [-0.1, -0.05) is 13.8 Å². The van der Waals surface area contributed by atoms with Crippen molar-refractivity contribution in [1.29, 1.82) is 0 Å². The Bertz CT molecular complexity index is 273. The average molecular weight is 242 g/mol. The van der Waals surface area contributed by atoms with Crippen LogP contribution in [0.2, 0.25) is 0 Å². The SMILES string of the molecule is CC(C)C(NCC(=O)N1CCCCC1)C(=O)O. The Labute approximate surface area is 102 Å². The molecule has 0 radical (unpaired) electrons. The van der Waals surface area contributed by atoms with Crippen LogP contribution in [-0.2, 0) is 9.59 Å². The fraction of sp³-hybridized carbons (Fsp3) is 0.833. The molecule has 1 heterocycles. The molecule has 1 saturated heterocycles. The maximum atomic E-state index is 11.8. The summed E-state index contributed by atoms with van der Waals surface area (Å²) in [4.78, 5) is 24.6. The van der Waals surface area contributed by atoms with Crippen LogP contribution < -0.4 is 5.32 Å². The summed E-state index contributed by atoms with van der Waals surface area (Å²) in [6.07, 6.45) is 3.29. The largest absolute Gasteiger partial charge is 0.480 e. The van der Waals surface area contributed by atoms with Gasteiger partial charge in [0.15, 0.2) is 0 Å². The summed E-state index contributed by atoms with van der Waals surface area (Å²) in [6.45, 7) is 5.39. The fourth-order valence-electron chi connectivity index (χ4n) is 2.06. The van der Waals surface area contributed by atoms with Crippen molar-refractivity contribution in [3.8, 4) is 0 Å². The van der Waals surface area contributed by atoms with Crippen molar-refractivity contribution in [3.05, 3.63) is 0 Å². The Hall–Kier alpha value is -1.10. The predicted octanol–water partition coefficient (Wildman–Crippen LogP) is 0.698. The van der Waals surface area contributed by atoms with Crippen molar-refractivity contribution in [1.82, 2.24) is 10.2 Å². The predicted molar refractivity (Wildman–Crippen MR) is 64.7 cm³/mol. The molecule has 5 nitrogen and oxygen atoms in total. The van der Waals surface area contributed by atoms with Crippen LogP contribution in [0.3, 0.4) is 0 Å². The Balaban J connectivity index is 2.37. The smallest absolute Gasteiger partial charge is 0.320 e. The van der Waals surface area contributed by atoms with Gasteiger partial charge in [-0.25, -0.2) is 0 Å². The molecule has 0 aromatic heterocycles. The third-order valence-corrected chi connectivity index (χ3v) is 3.11. The molecular formula is C12H22N2O3. The molecule has 2 N–H and O–H groups in total. The van der Waals surface area contributed by atoms with Crippen LogP contribution in [0.4, 0.5) is 0 Å². The Morgan fingerprint density at radius 3 is 2.29 bits per heavy atom. The van der Waals surface area contributed by atoms with Crippen LogP contribution in [-0.4, -0.2) is 47.6 Å². The number of likely N-dealkylation sites (tertiary alicyclic amines) is 1. The monoisotopic (exact) mass is 242 g/mol. The van der Waals surface area contributed by atoms with E-state index in [1.54, 1.807) is 0 Å². The van der Waals surface area contributed by atoms with E-state index in [-0.39, 0.29) is 18.4 Å². The summed E-state index contributed by atoms with van der Waals surface area (Å²) in [5.41, 5.74) is 0. The van der Waals surface area contributed by atoms with Crippen molar-refractivity contribution in [2.24, 2.45) is 5.92 Å². The summed E-state index contributed by atoms with van der Waals surface area (Å²) >= 11 is 0.